The van der Waals surface area contributed by atoms with Gasteiger partial charge in [-0.25, -0.2) is 0 Å². The van der Waals surface area contributed by atoms with Gasteiger partial charge >= 0.3 is 0 Å². The van der Waals surface area contributed by atoms with E-state index in [4.69, 9.17) is 14.7 Å². The molecule has 3 aromatic rings. The molecule has 0 aliphatic carbocycles. The molecule has 0 unspecified atom stereocenters. The van der Waals surface area contributed by atoms with Gasteiger partial charge in [0.1, 0.15) is 0 Å². The van der Waals surface area contributed by atoms with Gasteiger partial charge in [-0.05, 0) is 43.2 Å². The molecule has 19 heavy (non-hydrogen) atoms. The molecule has 0 aliphatic rings. The molecule has 0 atom stereocenters. The summed E-state index contributed by atoms with van der Waals surface area (Å²) in [6.07, 6.45) is 1.60. The fourth-order valence-corrected chi connectivity index (χ4v) is 1.90. The minimum absolute atomic E-state index is 0.440. The zero-order chi connectivity index (χ0) is 13.4. The molecule has 2 aromatic heterocycles. The van der Waals surface area contributed by atoms with Crippen LogP contribution in [0.4, 0.5) is 5.69 Å². The van der Waals surface area contributed by atoms with Crippen molar-refractivity contribution in [3.63, 3.8) is 0 Å². The third-order valence-corrected chi connectivity index (χ3v) is 2.98. The van der Waals surface area contributed by atoms with Crippen molar-refractivity contribution in [2.75, 3.05) is 5.73 Å². The van der Waals surface area contributed by atoms with Gasteiger partial charge in [-0.15, -0.1) is 0 Å². The molecule has 2 N–H and O–H groups in total. The van der Waals surface area contributed by atoms with Crippen LogP contribution < -0.4 is 5.73 Å². The average Bonchev–Trinajstić information content (AvgIpc) is 3.00. The predicted octanol–water partition coefficient (Wildman–Crippen LogP) is 3.20. The summed E-state index contributed by atoms with van der Waals surface area (Å²) >= 11 is 0. The number of aromatic nitrogens is 2. The Kier molecular flexibility index (Phi) is 2.59. The molecule has 3 rings (SSSR count). The number of hydrogen-bond donors (Lipinski definition) is 1. The van der Waals surface area contributed by atoms with Crippen LogP contribution in [0, 0.1) is 13.8 Å². The number of furan rings is 1. The normalized spacial score (nSPS) is 10.8. The van der Waals surface area contributed by atoms with Gasteiger partial charge in [0.2, 0.25) is 5.82 Å². The standard InChI is InChI=1S/C14H13N3O2/c1-8-3-4-10(15)7-11(8)14-16-13(17-19-14)12-9(2)5-6-18-12/h3-7H,15H2,1-2H3. The summed E-state index contributed by atoms with van der Waals surface area (Å²) < 4.78 is 10.6. The maximum atomic E-state index is 5.78. The Hall–Kier alpha value is -2.56. The highest BCUT2D eigenvalue weighted by Gasteiger charge is 2.16. The van der Waals surface area contributed by atoms with Crippen LogP contribution in [0.15, 0.2) is 39.5 Å². The van der Waals surface area contributed by atoms with E-state index in [0.29, 0.717) is 23.2 Å². The highest BCUT2D eigenvalue weighted by Crippen LogP contribution is 2.27. The summed E-state index contributed by atoms with van der Waals surface area (Å²) in [5, 5.41) is 3.95. The molecule has 5 nitrogen and oxygen atoms in total. The Labute approximate surface area is 110 Å². The third kappa shape index (κ3) is 1.99. The van der Waals surface area contributed by atoms with Crippen molar-refractivity contribution in [2.45, 2.75) is 13.8 Å². The molecule has 0 spiro atoms. The van der Waals surface area contributed by atoms with Crippen molar-refractivity contribution in [1.82, 2.24) is 10.1 Å². The number of benzene rings is 1. The number of nitrogens with two attached hydrogens (primary N) is 1. The Morgan fingerprint density at radius 2 is 1.95 bits per heavy atom. The monoisotopic (exact) mass is 255 g/mol. The lowest BCUT2D eigenvalue weighted by Gasteiger charge is -2.01. The van der Waals surface area contributed by atoms with E-state index in [-0.39, 0.29) is 0 Å². The second-order valence-corrected chi connectivity index (χ2v) is 4.43. The number of hydrogen-bond acceptors (Lipinski definition) is 5. The summed E-state index contributed by atoms with van der Waals surface area (Å²) in [5.41, 5.74) is 9.28. The molecule has 0 fully saturated rings. The smallest absolute Gasteiger partial charge is 0.258 e. The molecule has 1 aromatic carbocycles. The second-order valence-electron chi connectivity index (χ2n) is 4.43. The lowest BCUT2D eigenvalue weighted by Crippen LogP contribution is -1.89. The van der Waals surface area contributed by atoms with E-state index in [9.17, 15) is 0 Å². The van der Waals surface area contributed by atoms with Gasteiger partial charge in [-0.2, -0.15) is 4.98 Å². The van der Waals surface area contributed by atoms with Crippen molar-refractivity contribution < 1.29 is 8.94 Å². The first-order chi connectivity index (χ1) is 9.15. The van der Waals surface area contributed by atoms with Crippen LogP contribution in [0.3, 0.4) is 0 Å². The molecule has 5 heteroatoms. The zero-order valence-electron chi connectivity index (χ0n) is 10.7. The van der Waals surface area contributed by atoms with Crippen molar-refractivity contribution >= 4 is 5.69 Å². The minimum Gasteiger partial charge on any atom is -0.461 e. The van der Waals surface area contributed by atoms with Gasteiger partial charge in [0.05, 0.1) is 6.26 Å². The lowest BCUT2D eigenvalue weighted by molar-refractivity contribution is 0.429. The topological polar surface area (TPSA) is 78.1 Å². The van der Waals surface area contributed by atoms with Gasteiger partial charge in [0.15, 0.2) is 5.76 Å². The van der Waals surface area contributed by atoms with Crippen LogP contribution in [-0.4, -0.2) is 10.1 Å². The van der Waals surface area contributed by atoms with Crippen LogP contribution in [0.1, 0.15) is 11.1 Å². The molecule has 0 radical (unpaired) electrons. The van der Waals surface area contributed by atoms with Crippen molar-refractivity contribution in [1.29, 1.82) is 0 Å². The van der Waals surface area contributed by atoms with Crippen molar-refractivity contribution in [3.8, 4) is 23.0 Å². The number of rotatable bonds is 2. The third-order valence-electron chi connectivity index (χ3n) is 2.98. The Morgan fingerprint density at radius 3 is 2.68 bits per heavy atom. The fourth-order valence-electron chi connectivity index (χ4n) is 1.90. The van der Waals surface area contributed by atoms with E-state index in [1.54, 1.807) is 6.26 Å². The van der Waals surface area contributed by atoms with E-state index in [1.807, 2.05) is 38.1 Å². The van der Waals surface area contributed by atoms with Crippen LogP contribution >= 0.6 is 0 Å². The number of aryl methyl sites for hydroxylation is 2. The van der Waals surface area contributed by atoms with Crippen LogP contribution in [0.2, 0.25) is 0 Å². The highest BCUT2D eigenvalue weighted by molar-refractivity contribution is 5.65. The van der Waals surface area contributed by atoms with Crippen LogP contribution in [-0.2, 0) is 0 Å². The first-order valence-corrected chi connectivity index (χ1v) is 5.90. The summed E-state index contributed by atoms with van der Waals surface area (Å²) in [6.45, 7) is 3.90. The molecule has 2 heterocycles. The number of nitrogen functional groups attached to an aromatic ring is 1. The molecular formula is C14H13N3O2. The first kappa shape index (κ1) is 11.5. The molecule has 0 aliphatic heterocycles. The fraction of sp³-hybridized carbons (Fsp3) is 0.143. The average molecular weight is 255 g/mol. The van der Waals surface area contributed by atoms with Crippen LogP contribution in [0.25, 0.3) is 23.0 Å². The lowest BCUT2D eigenvalue weighted by atomic mass is 10.1. The predicted molar refractivity (Wildman–Crippen MR) is 71.3 cm³/mol. The largest absolute Gasteiger partial charge is 0.461 e. The summed E-state index contributed by atoms with van der Waals surface area (Å²) in [7, 11) is 0. The van der Waals surface area contributed by atoms with Gasteiger partial charge in [-0.3, -0.25) is 0 Å². The van der Waals surface area contributed by atoms with E-state index < -0.39 is 0 Å². The Bertz CT molecular complexity index is 728. The van der Waals surface area contributed by atoms with Gasteiger partial charge in [0, 0.05) is 11.3 Å². The van der Waals surface area contributed by atoms with E-state index >= 15 is 0 Å². The summed E-state index contributed by atoms with van der Waals surface area (Å²) in [6, 6.07) is 7.44. The van der Waals surface area contributed by atoms with Gasteiger partial charge in [-0.1, -0.05) is 11.2 Å². The SMILES string of the molecule is Cc1ccc(N)cc1-c1nc(-c2occc2C)no1. The first-order valence-electron chi connectivity index (χ1n) is 5.90. The van der Waals surface area contributed by atoms with Gasteiger partial charge in [0.25, 0.3) is 5.89 Å². The maximum Gasteiger partial charge on any atom is 0.258 e. The maximum absolute atomic E-state index is 5.78. The molecule has 0 saturated heterocycles. The Balaban J connectivity index is 2.06. The zero-order valence-corrected chi connectivity index (χ0v) is 10.7. The second kappa shape index (κ2) is 4.28. The quantitative estimate of drug-likeness (QED) is 0.711. The number of anilines is 1. The van der Waals surface area contributed by atoms with E-state index in [0.717, 1.165) is 16.7 Å². The Morgan fingerprint density at radius 1 is 1.11 bits per heavy atom. The molecule has 0 bridgehead atoms. The molecule has 0 saturated carbocycles. The summed E-state index contributed by atoms with van der Waals surface area (Å²) in [5.74, 6) is 1.51. The minimum atomic E-state index is 0.440. The van der Waals surface area contributed by atoms with E-state index in [1.165, 1.54) is 0 Å². The molecule has 96 valence electrons. The van der Waals surface area contributed by atoms with E-state index in [2.05, 4.69) is 10.1 Å². The molecule has 0 amide bonds. The highest BCUT2D eigenvalue weighted by atomic mass is 16.5. The van der Waals surface area contributed by atoms with Crippen molar-refractivity contribution in [2.24, 2.45) is 0 Å². The number of nitrogens with zero attached hydrogens (tertiary/aromatic N) is 2. The summed E-state index contributed by atoms with van der Waals surface area (Å²) in [4.78, 5) is 4.36. The van der Waals surface area contributed by atoms with Gasteiger partial charge < -0.3 is 14.7 Å². The van der Waals surface area contributed by atoms with Crippen molar-refractivity contribution in [3.05, 3.63) is 41.7 Å². The molecular weight excluding hydrogens is 242 g/mol. The van der Waals surface area contributed by atoms with Crippen LogP contribution in [0.5, 0.6) is 0 Å².